The summed E-state index contributed by atoms with van der Waals surface area (Å²) in [7, 11) is 1.62. The highest BCUT2D eigenvalue weighted by Crippen LogP contribution is 2.17. The van der Waals surface area contributed by atoms with Crippen molar-refractivity contribution in [3.63, 3.8) is 0 Å². The van der Waals surface area contributed by atoms with E-state index < -0.39 is 0 Å². The molecular weight excluding hydrogens is 285 g/mol. The molecular formula is C17H18FNO3. The molecule has 0 aliphatic carbocycles. The van der Waals surface area contributed by atoms with Crippen LogP contribution < -0.4 is 14.8 Å². The summed E-state index contributed by atoms with van der Waals surface area (Å²) in [6.45, 7) is 0.392. The molecule has 0 saturated heterocycles. The van der Waals surface area contributed by atoms with E-state index in [0.29, 0.717) is 18.7 Å². The van der Waals surface area contributed by atoms with Crippen molar-refractivity contribution < 1.29 is 18.7 Å². The van der Waals surface area contributed by atoms with Crippen LogP contribution in [0.5, 0.6) is 11.5 Å². The zero-order chi connectivity index (χ0) is 15.8. The molecule has 2 aromatic rings. The van der Waals surface area contributed by atoms with Gasteiger partial charge >= 0.3 is 0 Å². The van der Waals surface area contributed by atoms with Crippen molar-refractivity contribution in [2.24, 2.45) is 0 Å². The number of carbonyl (C=O) groups is 1. The maximum atomic E-state index is 12.7. The van der Waals surface area contributed by atoms with E-state index in [1.807, 2.05) is 24.3 Å². The number of carbonyl (C=O) groups excluding carboxylic acids is 1. The molecule has 1 N–H and O–H groups in total. The van der Waals surface area contributed by atoms with Crippen LogP contribution in [0, 0.1) is 5.82 Å². The first kappa shape index (κ1) is 15.8. The van der Waals surface area contributed by atoms with Crippen LogP contribution in [0.2, 0.25) is 0 Å². The number of hydrogen-bond acceptors (Lipinski definition) is 3. The average molecular weight is 303 g/mol. The zero-order valence-electron chi connectivity index (χ0n) is 12.3. The van der Waals surface area contributed by atoms with Crippen molar-refractivity contribution in [2.45, 2.75) is 6.42 Å². The Morgan fingerprint density at radius 3 is 2.59 bits per heavy atom. The van der Waals surface area contributed by atoms with Crippen LogP contribution in [-0.4, -0.2) is 26.2 Å². The molecule has 22 heavy (non-hydrogen) atoms. The van der Waals surface area contributed by atoms with Crippen LogP contribution in [0.3, 0.4) is 0 Å². The van der Waals surface area contributed by atoms with E-state index in [9.17, 15) is 9.18 Å². The van der Waals surface area contributed by atoms with Gasteiger partial charge in [0.25, 0.3) is 5.91 Å². The molecule has 2 aromatic carbocycles. The first-order chi connectivity index (χ1) is 10.7. The third-order valence-corrected chi connectivity index (χ3v) is 3.09. The minimum Gasteiger partial charge on any atom is -0.496 e. The standard InChI is InChI=1S/C17H18FNO3/c1-21-16-5-3-2-4-13(16)10-11-19-17(20)12-22-15-8-6-14(18)7-9-15/h2-9H,10-12H2,1H3,(H,19,20). The van der Waals surface area contributed by atoms with Crippen molar-refractivity contribution in [3.05, 3.63) is 59.9 Å². The summed E-state index contributed by atoms with van der Waals surface area (Å²) < 4.78 is 23.2. The lowest BCUT2D eigenvalue weighted by Gasteiger charge is -2.10. The minimum atomic E-state index is -0.339. The van der Waals surface area contributed by atoms with Crippen LogP contribution in [0.25, 0.3) is 0 Å². The molecule has 0 atom stereocenters. The molecule has 0 fully saturated rings. The summed E-state index contributed by atoms with van der Waals surface area (Å²) in [6, 6.07) is 13.2. The fourth-order valence-electron chi connectivity index (χ4n) is 1.98. The van der Waals surface area contributed by atoms with Gasteiger partial charge in [-0.05, 0) is 42.3 Å². The second-order valence-electron chi connectivity index (χ2n) is 4.65. The summed E-state index contributed by atoms with van der Waals surface area (Å²) in [5, 5.41) is 2.77. The van der Waals surface area contributed by atoms with E-state index in [-0.39, 0.29) is 18.3 Å². The molecule has 0 heterocycles. The molecule has 0 aliphatic rings. The Morgan fingerprint density at radius 2 is 1.86 bits per heavy atom. The second-order valence-corrected chi connectivity index (χ2v) is 4.65. The van der Waals surface area contributed by atoms with E-state index >= 15 is 0 Å². The van der Waals surface area contributed by atoms with E-state index in [1.54, 1.807) is 7.11 Å². The fraction of sp³-hybridized carbons (Fsp3) is 0.235. The van der Waals surface area contributed by atoms with Crippen molar-refractivity contribution in [1.29, 1.82) is 0 Å². The number of ether oxygens (including phenoxy) is 2. The lowest BCUT2D eigenvalue weighted by atomic mass is 10.1. The molecule has 4 nitrogen and oxygen atoms in total. The molecule has 0 aliphatic heterocycles. The fourth-order valence-corrected chi connectivity index (χ4v) is 1.98. The van der Waals surface area contributed by atoms with Crippen molar-refractivity contribution >= 4 is 5.91 Å². The Morgan fingerprint density at radius 1 is 1.14 bits per heavy atom. The van der Waals surface area contributed by atoms with Crippen molar-refractivity contribution in [1.82, 2.24) is 5.32 Å². The second kappa shape index (κ2) is 8.02. The summed E-state index contributed by atoms with van der Waals surface area (Å²) in [5.41, 5.74) is 1.03. The van der Waals surface area contributed by atoms with Crippen LogP contribution >= 0.6 is 0 Å². The van der Waals surface area contributed by atoms with Gasteiger partial charge in [0.05, 0.1) is 7.11 Å². The summed E-state index contributed by atoms with van der Waals surface area (Å²) >= 11 is 0. The molecule has 2 rings (SSSR count). The number of rotatable bonds is 7. The highest BCUT2D eigenvalue weighted by atomic mass is 19.1. The van der Waals surface area contributed by atoms with E-state index in [4.69, 9.17) is 9.47 Å². The molecule has 0 unspecified atom stereocenters. The zero-order valence-corrected chi connectivity index (χ0v) is 12.3. The van der Waals surface area contributed by atoms with E-state index in [2.05, 4.69) is 5.32 Å². The van der Waals surface area contributed by atoms with Crippen molar-refractivity contribution in [3.8, 4) is 11.5 Å². The highest BCUT2D eigenvalue weighted by molar-refractivity contribution is 5.77. The predicted octanol–water partition coefficient (Wildman–Crippen LogP) is 2.57. The van der Waals surface area contributed by atoms with Gasteiger partial charge in [-0.25, -0.2) is 4.39 Å². The number of halogens is 1. The summed E-state index contributed by atoms with van der Waals surface area (Å²) in [6.07, 6.45) is 0.673. The third-order valence-electron chi connectivity index (χ3n) is 3.09. The SMILES string of the molecule is COc1ccccc1CCNC(=O)COc1ccc(F)cc1. The molecule has 0 radical (unpaired) electrons. The van der Waals surface area contributed by atoms with Gasteiger partial charge in [-0.3, -0.25) is 4.79 Å². The molecule has 0 bridgehead atoms. The lowest BCUT2D eigenvalue weighted by Crippen LogP contribution is -2.30. The van der Waals surface area contributed by atoms with Gasteiger partial charge in [-0.15, -0.1) is 0 Å². The number of benzene rings is 2. The molecule has 116 valence electrons. The Kier molecular flexibility index (Phi) is 5.77. The predicted molar refractivity (Wildman–Crippen MR) is 81.6 cm³/mol. The maximum Gasteiger partial charge on any atom is 0.257 e. The van der Waals surface area contributed by atoms with Crippen LogP contribution in [0.4, 0.5) is 4.39 Å². The summed E-state index contributed by atoms with van der Waals surface area (Å²) in [5.74, 6) is 0.702. The maximum absolute atomic E-state index is 12.7. The quantitative estimate of drug-likeness (QED) is 0.855. The van der Waals surface area contributed by atoms with Crippen LogP contribution in [0.15, 0.2) is 48.5 Å². The average Bonchev–Trinajstić information content (AvgIpc) is 2.55. The highest BCUT2D eigenvalue weighted by Gasteiger charge is 2.05. The van der Waals surface area contributed by atoms with Gasteiger partial charge < -0.3 is 14.8 Å². The monoisotopic (exact) mass is 303 g/mol. The van der Waals surface area contributed by atoms with E-state index in [0.717, 1.165) is 11.3 Å². The van der Waals surface area contributed by atoms with Crippen LogP contribution in [0.1, 0.15) is 5.56 Å². The van der Waals surface area contributed by atoms with Gasteiger partial charge in [0.15, 0.2) is 6.61 Å². The minimum absolute atomic E-state index is 0.0996. The Labute approximate surface area is 128 Å². The molecule has 0 saturated carbocycles. The van der Waals surface area contributed by atoms with Gasteiger partial charge in [0.1, 0.15) is 17.3 Å². The number of amides is 1. The lowest BCUT2D eigenvalue weighted by molar-refractivity contribution is -0.123. The topological polar surface area (TPSA) is 47.6 Å². The normalized spacial score (nSPS) is 10.1. The molecule has 1 amide bonds. The summed E-state index contributed by atoms with van der Waals surface area (Å²) in [4.78, 5) is 11.7. The van der Waals surface area contributed by atoms with Gasteiger partial charge in [-0.2, -0.15) is 0 Å². The number of nitrogens with one attached hydrogen (secondary N) is 1. The molecule has 5 heteroatoms. The molecule has 0 spiro atoms. The largest absolute Gasteiger partial charge is 0.496 e. The first-order valence-corrected chi connectivity index (χ1v) is 6.96. The Balaban J connectivity index is 1.72. The van der Waals surface area contributed by atoms with Gasteiger partial charge in [0, 0.05) is 6.54 Å². The van der Waals surface area contributed by atoms with Gasteiger partial charge in [0.2, 0.25) is 0 Å². The Bertz CT molecular complexity index is 614. The van der Waals surface area contributed by atoms with Crippen LogP contribution in [-0.2, 0) is 11.2 Å². The smallest absolute Gasteiger partial charge is 0.257 e. The number of methoxy groups -OCH3 is 1. The Hall–Kier alpha value is -2.56. The molecule has 0 aromatic heterocycles. The van der Waals surface area contributed by atoms with E-state index in [1.165, 1.54) is 24.3 Å². The first-order valence-electron chi connectivity index (χ1n) is 6.96. The third kappa shape index (κ3) is 4.77. The van der Waals surface area contributed by atoms with Crippen molar-refractivity contribution in [2.75, 3.05) is 20.3 Å². The number of hydrogen-bond donors (Lipinski definition) is 1. The number of para-hydroxylation sites is 1. The van der Waals surface area contributed by atoms with Gasteiger partial charge in [-0.1, -0.05) is 18.2 Å².